The highest BCUT2D eigenvalue weighted by molar-refractivity contribution is 5.92. The summed E-state index contributed by atoms with van der Waals surface area (Å²) in [5.41, 5.74) is 6.03. The van der Waals surface area contributed by atoms with E-state index in [1.165, 1.54) is 18.2 Å². The highest BCUT2D eigenvalue weighted by atomic mass is 19.3. The molecular formula is C15H22F2N2O2. The van der Waals surface area contributed by atoms with E-state index in [0.717, 1.165) is 0 Å². The monoisotopic (exact) mass is 300 g/mol. The van der Waals surface area contributed by atoms with Gasteiger partial charge in [-0.15, -0.1) is 0 Å². The van der Waals surface area contributed by atoms with E-state index in [9.17, 15) is 13.6 Å². The van der Waals surface area contributed by atoms with Crippen molar-refractivity contribution in [3.8, 4) is 5.75 Å². The van der Waals surface area contributed by atoms with Gasteiger partial charge in [0.15, 0.2) is 0 Å². The lowest BCUT2D eigenvalue weighted by molar-refractivity contribution is -0.120. The Bertz CT molecular complexity index is 473. The van der Waals surface area contributed by atoms with Crippen LogP contribution in [0.3, 0.4) is 0 Å². The molecule has 0 aliphatic heterocycles. The number of hydrogen-bond donors (Lipinski definition) is 2. The summed E-state index contributed by atoms with van der Waals surface area (Å²) in [7, 11) is 0. The minimum Gasteiger partial charge on any atom is -0.435 e. The van der Waals surface area contributed by atoms with Crippen LogP contribution in [0.4, 0.5) is 14.5 Å². The molecule has 0 spiro atoms. The van der Waals surface area contributed by atoms with E-state index in [1.807, 2.05) is 20.8 Å². The predicted octanol–water partition coefficient (Wildman–Crippen LogP) is 3.24. The van der Waals surface area contributed by atoms with Crippen molar-refractivity contribution in [2.45, 2.75) is 33.8 Å². The van der Waals surface area contributed by atoms with Gasteiger partial charge in [0, 0.05) is 18.3 Å². The van der Waals surface area contributed by atoms with E-state index in [4.69, 9.17) is 5.73 Å². The Morgan fingerprint density at radius 3 is 2.57 bits per heavy atom. The van der Waals surface area contributed by atoms with Gasteiger partial charge in [-0.3, -0.25) is 4.79 Å². The SMILES string of the molecule is CC(C)(C)CC(CN)C(=O)Nc1cccc(OC(F)F)c1. The fourth-order valence-electron chi connectivity index (χ4n) is 2.02. The molecule has 0 aliphatic carbocycles. The van der Waals surface area contributed by atoms with Gasteiger partial charge in [0.05, 0.1) is 5.92 Å². The predicted molar refractivity (Wildman–Crippen MR) is 78.3 cm³/mol. The molecule has 0 radical (unpaired) electrons. The molecular weight excluding hydrogens is 278 g/mol. The van der Waals surface area contributed by atoms with E-state index in [1.54, 1.807) is 6.07 Å². The number of benzene rings is 1. The van der Waals surface area contributed by atoms with Gasteiger partial charge in [0.1, 0.15) is 5.75 Å². The molecule has 0 aliphatic rings. The summed E-state index contributed by atoms with van der Waals surface area (Å²) < 4.78 is 28.6. The lowest BCUT2D eigenvalue weighted by Crippen LogP contribution is -2.32. The zero-order chi connectivity index (χ0) is 16.0. The maximum absolute atomic E-state index is 12.2. The summed E-state index contributed by atoms with van der Waals surface area (Å²) in [5.74, 6) is -0.547. The second-order valence-electron chi connectivity index (χ2n) is 6.09. The summed E-state index contributed by atoms with van der Waals surface area (Å²) in [5, 5.41) is 2.69. The largest absolute Gasteiger partial charge is 0.435 e. The van der Waals surface area contributed by atoms with Gasteiger partial charge in [-0.1, -0.05) is 26.8 Å². The number of ether oxygens (including phenoxy) is 1. The standard InChI is InChI=1S/C15H22F2N2O2/c1-15(2,3)8-10(9-18)13(20)19-11-5-4-6-12(7-11)21-14(16)17/h4-7,10,14H,8-9,18H2,1-3H3,(H,19,20). The van der Waals surface area contributed by atoms with Crippen LogP contribution in [-0.2, 0) is 4.79 Å². The van der Waals surface area contributed by atoms with Crippen LogP contribution in [0, 0.1) is 11.3 Å². The molecule has 1 atom stereocenters. The molecule has 0 heterocycles. The Balaban J connectivity index is 2.73. The van der Waals surface area contributed by atoms with Gasteiger partial charge < -0.3 is 15.8 Å². The fraction of sp³-hybridized carbons (Fsp3) is 0.533. The number of amides is 1. The molecule has 118 valence electrons. The second kappa shape index (κ2) is 7.36. The van der Waals surface area contributed by atoms with Gasteiger partial charge >= 0.3 is 6.61 Å². The molecule has 1 unspecified atom stereocenters. The summed E-state index contributed by atoms with van der Waals surface area (Å²) >= 11 is 0. The first-order valence-corrected chi connectivity index (χ1v) is 6.77. The van der Waals surface area contributed by atoms with E-state index in [2.05, 4.69) is 10.1 Å². The minimum absolute atomic E-state index is 0.00270. The molecule has 6 heteroatoms. The Labute approximate surface area is 123 Å². The molecule has 3 N–H and O–H groups in total. The number of alkyl halides is 2. The molecule has 0 fully saturated rings. The van der Waals surface area contributed by atoms with Crippen LogP contribution < -0.4 is 15.8 Å². The fourth-order valence-corrected chi connectivity index (χ4v) is 2.02. The third-order valence-electron chi connectivity index (χ3n) is 2.84. The Kier molecular flexibility index (Phi) is 6.08. The summed E-state index contributed by atoms with van der Waals surface area (Å²) in [4.78, 5) is 12.2. The highest BCUT2D eigenvalue weighted by Crippen LogP contribution is 2.25. The quantitative estimate of drug-likeness (QED) is 0.847. The number of rotatable bonds is 6. The van der Waals surface area contributed by atoms with Crippen molar-refractivity contribution < 1.29 is 18.3 Å². The molecule has 1 aromatic carbocycles. The number of hydrogen-bond acceptors (Lipinski definition) is 3. The number of anilines is 1. The highest BCUT2D eigenvalue weighted by Gasteiger charge is 2.23. The molecule has 1 amide bonds. The summed E-state index contributed by atoms with van der Waals surface area (Å²) in [6.45, 7) is 3.42. The lowest BCUT2D eigenvalue weighted by atomic mass is 9.84. The van der Waals surface area contributed by atoms with Crippen molar-refractivity contribution in [1.29, 1.82) is 0 Å². The van der Waals surface area contributed by atoms with E-state index < -0.39 is 6.61 Å². The minimum atomic E-state index is -2.89. The van der Waals surface area contributed by atoms with Crippen LogP contribution in [0.5, 0.6) is 5.75 Å². The number of carbonyl (C=O) groups excluding carboxylic acids is 1. The van der Waals surface area contributed by atoms with Crippen molar-refractivity contribution >= 4 is 11.6 Å². The number of carbonyl (C=O) groups is 1. The normalized spacial score (nSPS) is 13.1. The lowest BCUT2D eigenvalue weighted by Gasteiger charge is -2.24. The third kappa shape index (κ3) is 6.53. The van der Waals surface area contributed by atoms with Crippen molar-refractivity contribution in [3.63, 3.8) is 0 Å². The van der Waals surface area contributed by atoms with Gasteiger partial charge in [-0.25, -0.2) is 0 Å². The maximum Gasteiger partial charge on any atom is 0.387 e. The molecule has 1 aromatic rings. The van der Waals surface area contributed by atoms with Crippen LogP contribution >= 0.6 is 0 Å². The Morgan fingerprint density at radius 2 is 2.05 bits per heavy atom. The number of halogens is 2. The first-order valence-electron chi connectivity index (χ1n) is 6.77. The average molecular weight is 300 g/mol. The second-order valence-corrected chi connectivity index (χ2v) is 6.09. The molecule has 0 saturated heterocycles. The summed E-state index contributed by atoms with van der Waals surface area (Å²) in [6.07, 6.45) is 0.641. The van der Waals surface area contributed by atoms with Gasteiger partial charge in [-0.05, 0) is 24.0 Å². The zero-order valence-corrected chi connectivity index (χ0v) is 12.5. The average Bonchev–Trinajstić information content (AvgIpc) is 2.34. The molecule has 0 saturated carbocycles. The van der Waals surface area contributed by atoms with Crippen molar-refractivity contribution in [1.82, 2.24) is 0 Å². The molecule has 4 nitrogen and oxygen atoms in total. The number of nitrogens with one attached hydrogen (secondary N) is 1. The van der Waals surface area contributed by atoms with E-state index in [0.29, 0.717) is 12.1 Å². The van der Waals surface area contributed by atoms with Crippen molar-refractivity contribution in [2.24, 2.45) is 17.1 Å². The molecule has 0 bridgehead atoms. The van der Waals surface area contributed by atoms with Crippen LogP contribution in [-0.4, -0.2) is 19.1 Å². The first-order chi connectivity index (χ1) is 9.71. The summed E-state index contributed by atoms with van der Waals surface area (Å²) in [6, 6.07) is 5.90. The Hall–Kier alpha value is -1.69. The first kappa shape index (κ1) is 17.4. The number of nitrogens with two attached hydrogens (primary N) is 1. The van der Waals surface area contributed by atoms with Gasteiger partial charge in [0.25, 0.3) is 0 Å². The van der Waals surface area contributed by atoms with Crippen LogP contribution in [0.25, 0.3) is 0 Å². The Morgan fingerprint density at radius 1 is 1.38 bits per heavy atom. The molecule has 21 heavy (non-hydrogen) atoms. The third-order valence-corrected chi connectivity index (χ3v) is 2.84. The van der Waals surface area contributed by atoms with Crippen LogP contribution in [0.2, 0.25) is 0 Å². The van der Waals surface area contributed by atoms with Crippen molar-refractivity contribution in [2.75, 3.05) is 11.9 Å². The van der Waals surface area contributed by atoms with E-state index >= 15 is 0 Å². The molecule has 0 aromatic heterocycles. The zero-order valence-electron chi connectivity index (χ0n) is 12.5. The smallest absolute Gasteiger partial charge is 0.387 e. The van der Waals surface area contributed by atoms with Crippen LogP contribution in [0.15, 0.2) is 24.3 Å². The maximum atomic E-state index is 12.2. The topological polar surface area (TPSA) is 64.4 Å². The van der Waals surface area contributed by atoms with Gasteiger partial charge in [0.2, 0.25) is 5.91 Å². The van der Waals surface area contributed by atoms with E-state index in [-0.39, 0.29) is 29.5 Å². The van der Waals surface area contributed by atoms with Crippen LogP contribution in [0.1, 0.15) is 27.2 Å². The van der Waals surface area contributed by atoms with Gasteiger partial charge in [-0.2, -0.15) is 8.78 Å². The van der Waals surface area contributed by atoms with Crippen molar-refractivity contribution in [3.05, 3.63) is 24.3 Å². The molecule has 1 rings (SSSR count).